The van der Waals surface area contributed by atoms with Crippen molar-refractivity contribution in [1.29, 1.82) is 0 Å². The highest BCUT2D eigenvalue weighted by Crippen LogP contribution is 2.46. The van der Waals surface area contributed by atoms with Crippen LogP contribution in [-0.2, 0) is 11.3 Å². The second-order valence-corrected chi connectivity index (χ2v) is 7.95. The number of carbonyl (C=O) groups excluding carboxylic acids is 2. The Labute approximate surface area is 173 Å². The van der Waals surface area contributed by atoms with Crippen LogP contribution in [0, 0.1) is 10.1 Å². The normalized spacial score (nSPS) is 16.6. The van der Waals surface area contributed by atoms with Crippen molar-refractivity contribution < 1.29 is 19.2 Å². The molecule has 2 aliphatic heterocycles. The summed E-state index contributed by atoms with van der Waals surface area (Å²) < 4.78 is 6.15. The number of amides is 2. The van der Waals surface area contributed by atoms with Crippen LogP contribution in [0.5, 0.6) is 5.75 Å². The molecule has 2 aliphatic rings. The van der Waals surface area contributed by atoms with Crippen molar-refractivity contribution in [3.63, 3.8) is 0 Å². The first-order chi connectivity index (χ1) is 14.2. The number of fused-ring (bicyclic) bond motifs is 2. The molecule has 0 radical (unpaired) electrons. The number of hydrogen-bond acceptors (Lipinski definition) is 5. The molecule has 0 unspecified atom stereocenters. The summed E-state index contributed by atoms with van der Waals surface area (Å²) in [6.07, 6.45) is 0.699. The van der Waals surface area contributed by atoms with Crippen LogP contribution in [0.2, 0.25) is 0 Å². The highest BCUT2D eigenvalue weighted by molar-refractivity contribution is 6.04. The second kappa shape index (κ2) is 6.98. The van der Waals surface area contributed by atoms with Gasteiger partial charge in [-0.1, -0.05) is 18.2 Å². The van der Waals surface area contributed by atoms with E-state index in [4.69, 9.17) is 4.74 Å². The molecule has 0 aliphatic carbocycles. The Balaban J connectivity index is 1.96. The maximum Gasteiger partial charge on any atom is 0.270 e. The van der Waals surface area contributed by atoms with Gasteiger partial charge in [-0.3, -0.25) is 19.7 Å². The van der Waals surface area contributed by atoms with Crippen LogP contribution in [0.4, 0.5) is 5.69 Å². The van der Waals surface area contributed by atoms with Gasteiger partial charge < -0.3 is 14.5 Å². The van der Waals surface area contributed by atoms with Crippen molar-refractivity contribution in [3.05, 3.63) is 74.8 Å². The Bertz CT molecular complexity index is 1110. The van der Waals surface area contributed by atoms with Crippen LogP contribution in [0.3, 0.4) is 0 Å². The standard InChI is InChI=1S/C22H21N3O5/c1-22(2)18(12-23(3)13-26)20(17-10-15(25(28)29)8-9-19(17)30-22)24-11-14-6-4-5-7-16(14)21(24)27/h4-10,13H,11-12H2,1-3H3. The summed E-state index contributed by atoms with van der Waals surface area (Å²) in [5, 5.41) is 11.4. The third-order valence-corrected chi connectivity index (χ3v) is 5.49. The number of rotatable bonds is 5. The Morgan fingerprint density at radius 1 is 1.23 bits per heavy atom. The molecule has 0 aromatic heterocycles. The van der Waals surface area contributed by atoms with Crippen LogP contribution in [0.1, 0.15) is 35.3 Å². The lowest BCUT2D eigenvalue weighted by Crippen LogP contribution is -2.42. The molecule has 2 amide bonds. The SMILES string of the molecule is CN(C=O)CC1=C(N2Cc3ccccc3C2=O)c2cc([N+](=O)[O-])ccc2OC1(C)C. The number of non-ortho nitro benzene ring substituents is 1. The number of ether oxygens (including phenoxy) is 1. The zero-order valence-electron chi connectivity index (χ0n) is 16.9. The van der Waals surface area contributed by atoms with E-state index in [2.05, 4.69) is 0 Å². The Morgan fingerprint density at radius 2 is 1.97 bits per heavy atom. The molecule has 154 valence electrons. The van der Waals surface area contributed by atoms with Crippen molar-refractivity contribution in [1.82, 2.24) is 9.80 Å². The summed E-state index contributed by atoms with van der Waals surface area (Å²) in [6, 6.07) is 11.7. The van der Waals surface area contributed by atoms with Gasteiger partial charge in [-0.05, 0) is 31.5 Å². The first-order valence-electron chi connectivity index (χ1n) is 9.49. The van der Waals surface area contributed by atoms with E-state index < -0.39 is 10.5 Å². The molecule has 8 nitrogen and oxygen atoms in total. The Morgan fingerprint density at radius 3 is 2.63 bits per heavy atom. The largest absolute Gasteiger partial charge is 0.483 e. The van der Waals surface area contributed by atoms with Gasteiger partial charge in [0.2, 0.25) is 6.41 Å². The van der Waals surface area contributed by atoms with E-state index in [9.17, 15) is 19.7 Å². The maximum absolute atomic E-state index is 13.3. The van der Waals surface area contributed by atoms with Crippen molar-refractivity contribution in [2.45, 2.75) is 26.0 Å². The molecule has 0 saturated carbocycles. The minimum atomic E-state index is -0.829. The predicted molar refractivity (Wildman–Crippen MR) is 110 cm³/mol. The van der Waals surface area contributed by atoms with E-state index in [0.29, 0.717) is 41.1 Å². The molecule has 2 aromatic rings. The monoisotopic (exact) mass is 407 g/mol. The van der Waals surface area contributed by atoms with Gasteiger partial charge in [0, 0.05) is 42.4 Å². The van der Waals surface area contributed by atoms with E-state index in [-0.39, 0.29) is 18.1 Å². The Hall–Kier alpha value is -3.68. The van der Waals surface area contributed by atoms with Gasteiger partial charge in [-0.15, -0.1) is 0 Å². The van der Waals surface area contributed by atoms with E-state index in [1.807, 2.05) is 32.0 Å². The lowest BCUT2D eigenvalue weighted by Gasteiger charge is -2.40. The molecule has 2 aromatic carbocycles. The number of benzene rings is 2. The minimum Gasteiger partial charge on any atom is -0.483 e. The van der Waals surface area contributed by atoms with Gasteiger partial charge in [0.1, 0.15) is 11.4 Å². The van der Waals surface area contributed by atoms with Gasteiger partial charge in [0.15, 0.2) is 0 Å². The molecule has 0 atom stereocenters. The van der Waals surface area contributed by atoms with Gasteiger partial charge in [0.25, 0.3) is 11.6 Å². The molecular formula is C22H21N3O5. The molecule has 30 heavy (non-hydrogen) atoms. The first-order valence-corrected chi connectivity index (χ1v) is 9.49. The first kappa shape index (κ1) is 19.6. The fraction of sp³-hybridized carbons (Fsp3) is 0.273. The van der Waals surface area contributed by atoms with E-state index >= 15 is 0 Å². The molecule has 0 saturated heterocycles. The average molecular weight is 407 g/mol. The van der Waals surface area contributed by atoms with Crippen molar-refractivity contribution in [2.24, 2.45) is 0 Å². The molecule has 0 N–H and O–H groups in total. The summed E-state index contributed by atoms with van der Waals surface area (Å²) in [7, 11) is 1.64. The topological polar surface area (TPSA) is 93.0 Å². The lowest BCUT2D eigenvalue weighted by molar-refractivity contribution is -0.384. The van der Waals surface area contributed by atoms with E-state index in [0.717, 1.165) is 5.56 Å². The molecule has 2 heterocycles. The summed E-state index contributed by atoms with van der Waals surface area (Å²) in [5.74, 6) is 0.281. The van der Waals surface area contributed by atoms with Gasteiger partial charge in [-0.25, -0.2) is 0 Å². The molecular weight excluding hydrogens is 386 g/mol. The third-order valence-electron chi connectivity index (χ3n) is 5.49. The molecule has 0 fully saturated rings. The van der Waals surface area contributed by atoms with Crippen LogP contribution in [0.15, 0.2) is 48.0 Å². The molecule has 4 rings (SSSR count). The number of nitro groups is 1. The van der Waals surface area contributed by atoms with Gasteiger partial charge in [-0.2, -0.15) is 0 Å². The zero-order valence-corrected chi connectivity index (χ0v) is 16.9. The quantitative estimate of drug-likeness (QED) is 0.431. The van der Waals surface area contributed by atoms with Crippen molar-refractivity contribution in [3.8, 4) is 5.75 Å². The van der Waals surface area contributed by atoms with Gasteiger partial charge in [0.05, 0.1) is 17.2 Å². The molecule has 8 heteroatoms. The van der Waals surface area contributed by atoms with Crippen LogP contribution < -0.4 is 4.74 Å². The van der Waals surface area contributed by atoms with Crippen molar-refractivity contribution in [2.75, 3.05) is 13.6 Å². The molecule has 0 bridgehead atoms. The fourth-order valence-electron chi connectivity index (χ4n) is 3.98. The van der Waals surface area contributed by atoms with Crippen molar-refractivity contribution >= 4 is 23.7 Å². The zero-order chi connectivity index (χ0) is 21.6. The van der Waals surface area contributed by atoms with Crippen LogP contribution in [-0.4, -0.2) is 46.2 Å². The number of hydrogen-bond donors (Lipinski definition) is 0. The second-order valence-electron chi connectivity index (χ2n) is 7.95. The predicted octanol–water partition coefficient (Wildman–Crippen LogP) is 3.22. The van der Waals surface area contributed by atoms with E-state index in [1.165, 1.54) is 17.0 Å². The Kier molecular flexibility index (Phi) is 4.57. The highest BCUT2D eigenvalue weighted by Gasteiger charge is 2.41. The average Bonchev–Trinajstić information content (AvgIpc) is 3.04. The summed E-state index contributed by atoms with van der Waals surface area (Å²) in [5.41, 5.74) is 2.29. The van der Waals surface area contributed by atoms with Gasteiger partial charge >= 0.3 is 0 Å². The lowest BCUT2D eigenvalue weighted by atomic mass is 9.88. The smallest absolute Gasteiger partial charge is 0.270 e. The minimum absolute atomic E-state index is 0.0955. The fourth-order valence-corrected chi connectivity index (χ4v) is 3.98. The summed E-state index contributed by atoms with van der Waals surface area (Å²) in [4.78, 5) is 38.6. The third kappa shape index (κ3) is 3.10. The van der Waals surface area contributed by atoms with E-state index in [1.54, 1.807) is 24.1 Å². The number of carbonyl (C=O) groups is 2. The highest BCUT2D eigenvalue weighted by atomic mass is 16.6. The maximum atomic E-state index is 13.3. The molecule has 0 spiro atoms. The number of nitro benzene ring substituents is 1. The summed E-state index contributed by atoms with van der Waals surface area (Å²) >= 11 is 0. The summed E-state index contributed by atoms with van der Waals surface area (Å²) in [6.45, 7) is 4.28. The van der Waals surface area contributed by atoms with Crippen LogP contribution >= 0.6 is 0 Å². The number of likely N-dealkylation sites (N-methyl/N-ethyl adjacent to an activating group) is 1. The number of nitrogens with zero attached hydrogens (tertiary/aromatic N) is 3. The van der Waals surface area contributed by atoms with Crippen LogP contribution in [0.25, 0.3) is 5.70 Å².